The molecule has 0 saturated heterocycles. The molecule has 0 aliphatic carbocycles. The summed E-state index contributed by atoms with van der Waals surface area (Å²) in [7, 11) is 0. The minimum Gasteiger partial charge on any atom is -0.350 e. The fraction of sp³-hybridized carbons (Fsp3) is 0.231. The van der Waals surface area contributed by atoms with Crippen LogP contribution in [-0.4, -0.2) is 9.49 Å². The van der Waals surface area contributed by atoms with Crippen molar-refractivity contribution >= 4 is 5.69 Å². The molecule has 2 rings (SSSR count). The minimum atomic E-state index is -0.818. The van der Waals surface area contributed by atoms with E-state index in [1.54, 1.807) is 6.07 Å². The molecule has 0 fully saturated rings. The summed E-state index contributed by atoms with van der Waals surface area (Å²) in [5.41, 5.74) is 6.89. The number of halogens is 1. The molecule has 2 aromatic rings. The Labute approximate surface area is 109 Å². The molecular weight excluding hydrogens is 249 g/mol. The minimum absolute atomic E-state index is 0.0603. The molecule has 5 nitrogen and oxygen atoms in total. The molecule has 1 aromatic carbocycles. The normalized spacial score (nSPS) is 12.4. The molecule has 19 heavy (non-hydrogen) atoms. The molecule has 100 valence electrons. The SMILES string of the molecule is CC(N)c1ccn(Cc2ccc([N+](=O)[O-])c(F)c2)c1. The Morgan fingerprint density at radius 3 is 2.74 bits per heavy atom. The van der Waals surface area contributed by atoms with Crippen LogP contribution in [0.3, 0.4) is 0 Å². The van der Waals surface area contributed by atoms with Crippen LogP contribution in [0.4, 0.5) is 10.1 Å². The first-order valence-electron chi connectivity index (χ1n) is 5.81. The van der Waals surface area contributed by atoms with E-state index in [4.69, 9.17) is 5.73 Å². The molecule has 6 heteroatoms. The quantitative estimate of drug-likeness (QED) is 0.680. The molecule has 1 heterocycles. The van der Waals surface area contributed by atoms with E-state index in [1.165, 1.54) is 12.1 Å². The highest BCUT2D eigenvalue weighted by molar-refractivity contribution is 5.35. The Kier molecular flexibility index (Phi) is 3.62. The molecule has 0 aliphatic rings. The Morgan fingerprint density at radius 1 is 1.47 bits per heavy atom. The first-order valence-corrected chi connectivity index (χ1v) is 5.81. The van der Waals surface area contributed by atoms with Gasteiger partial charge in [0.05, 0.1) is 4.92 Å². The number of benzene rings is 1. The second-order valence-electron chi connectivity index (χ2n) is 4.45. The van der Waals surface area contributed by atoms with E-state index >= 15 is 0 Å². The standard InChI is InChI=1S/C13H14FN3O2/c1-9(15)11-4-5-16(8-11)7-10-2-3-13(17(18)19)12(14)6-10/h2-6,8-9H,7,15H2,1H3. The maximum Gasteiger partial charge on any atom is 0.304 e. The van der Waals surface area contributed by atoms with E-state index in [0.717, 1.165) is 5.56 Å². The van der Waals surface area contributed by atoms with Gasteiger partial charge in [-0.3, -0.25) is 10.1 Å². The van der Waals surface area contributed by atoms with Gasteiger partial charge < -0.3 is 10.3 Å². The van der Waals surface area contributed by atoms with Gasteiger partial charge >= 0.3 is 5.69 Å². The average molecular weight is 263 g/mol. The number of nitrogens with zero attached hydrogens (tertiary/aromatic N) is 2. The summed E-state index contributed by atoms with van der Waals surface area (Å²) in [4.78, 5) is 9.78. The van der Waals surface area contributed by atoms with E-state index in [9.17, 15) is 14.5 Å². The summed E-state index contributed by atoms with van der Waals surface area (Å²) in [6, 6.07) is 5.75. The molecule has 0 spiro atoms. The fourth-order valence-corrected chi connectivity index (χ4v) is 1.83. The first kappa shape index (κ1) is 13.2. The molecule has 0 aliphatic heterocycles. The first-order chi connectivity index (χ1) is 8.97. The van der Waals surface area contributed by atoms with Gasteiger partial charge in [0.25, 0.3) is 0 Å². The Bertz CT molecular complexity index is 608. The number of nitro groups is 1. The Hall–Kier alpha value is -2.21. The fourth-order valence-electron chi connectivity index (χ4n) is 1.83. The third-order valence-electron chi connectivity index (χ3n) is 2.87. The van der Waals surface area contributed by atoms with Crippen LogP contribution in [-0.2, 0) is 6.54 Å². The van der Waals surface area contributed by atoms with Crippen molar-refractivity contribution in [2.45, 2.75) is 19.5 Å². The van der Waals surface area contributed by atoms with Crippen molar-refractivity contribution < 1.29 is 9.31 Å². The highest BCUT2D eigenvalue weighted by Gasteiger charge is 2.13. The third-order valence-corrected chi connectivity index (χ3v) is 2.87. The van der Waals surface area contributed by atoms with Crippen molar-refractivity contribution in [1.29, 1.82) is 0 Å². The number of hydrogen-bond donors (Lipinski definition) is 1. The smallest absolute Gasteiger partial charge is 0.304 e. The summed E-state index contributed by atoms with van der Waals surface area (Å²) < 4.78 is 15.3. The maximum atomic E-state index is 13.5. The zero-order valence-corrected chi connectivity index (χ0v) is 10.4. The molecule has 1 atom stereocenters. The lowest BCUT2D eigenvalue weighted by molar-refractivity contribution is -0.387. The molecule has 0 radical (unpaired) electrons. The number of rotatable bonds is 4. The van der Waals surface area contributed by atoms with Crippen LogP contribution in [0.5, 0.6) is 0 Å². The molecule has 1 aromatic heterocycles. The molecule has 0 saturated carbocycles. The van der Waals surface area contributed by atoms with E-state index in [1.807, 2.05) is 30.0 Å². The van der Waals surface area contributed by atoms with Gasteiger partial charge in [0.2, 0.25) is 5.82 Å². The van der Waals surface area contributed by atoms with E-state index in [2.05, 4.69) is 0 Å². The lowest BCUT2D eigenvalue weighted by Crippen LogP contribution is -2.04. The van der Waals surface area contributed by atoms with Gasteiger partial charge in [-0.15, -0.1) is 0 Å². The van der Waals surface area contributed by atoms with Gasteiger partial charge in [-0.1, -0.05) is 6.07 Å². The van der Waals surface area contributed by atoms with E-state index in [0.29, 0.717) is 12.1 Å². The largest absolute Gasteiger partial charge is 0.350 e. The van der Waals surface area contributed by atoms with Crippen molar-refractivity contribution in [2.24, 2.45) is 5.73 Å². The Morgan fingerprint density at radius 2 is 2.21 bits per heavy atom. The van der Waals surface area contributed by atoms with Crippen molar-refractivity contribution in [3.63, 3.8) is 0 Å². The second-order valence-corrected chi connectivity index (χ2v) is 4.45. The lowest BCUT2D eigenvalue weighted by Gasteiger charge is -2.04. The van der Waals surface area contributed by atoms with Crippen molar-refractivity contribution in [3.8, 4) is 0 Å². The highest BCUT2D eigenvalue weighted by Crippen LogP contribution is 2.19. The average Bonchev–Trinajstić information content (AvgIpc) is 2.77. The number of aromatic nitrogens is 1. The van der Waals surface area contributed by atoms with Gasteiger partial charge in [-0.2, -0.15) is 4.39 Å². The van der Waals surface area contributed by atoms with Crippen molar-refractivity contribution in [1.82, 2.24) is 4.57 Å². The maximum absolute atomic E-state index is 13.5. The highest BCUT2D eigenvalue weighted by atomic mass is 19.1. The summed E-state index contributed by atoms with van der Waals surface area (Å²) in [5.74, 6) is -0.818. The summed E-state index contributed by atoms with van der Waals surface area (Å²) >= 11 is 0. The number of nitro benzene ring substituents is 1. The topological polar surface area (TPSA) is 74.1 Å². The van der Waals surface area contributed by atoms with Crippen LogP contribution in [0.2, 0.25) is 0 Å². The zero-order chi connectivity index (χ0) is 14.0. The van der Waals surface area contributed by atoms with Gasteiger partial charge in [-0.25, -0.2) is 0 Å². The third kappa shape index (κ3) is 2.97. The van der Waals surface area contributed by atoms with Crippen LogP contribution in [0.1, 0.15) is 24.1 Å². The summed E-state index contributed by atoms with van der Waals surface area (Å²) in [6.45, 7) is 2.33. The number of nitrogens with two attached hydrogens (primary N) is 1. The predicted octanol–water partition coefficient (Wildman–Crippen LogP) is 2.60. The van der Waals surface area contributed by atoms with Crippen LogP contribution in [0.25, 0.3) is 0 Å². The summed E-state index contributed by atoms with van der Waals surface area (Å²) in [6.07, 6.45) is 3.72. The molecule has 1 unspecified atom stereocenters. The molecule has 2 N–H and O–H groups in total. The zero-order valence-electron chi connectivity index (χ0n) is 10.4. The van der Waals surface area contributed by atoms with Gasteiger partial charge in [0.15, 0.2) is 0 Å². The predicted molar refractivity (Wildman–Crippen MR) is 69.2 cm³/mol. The van der Waals surface area contributed by atoms with Crippen LogP contribution < -0.4 is 5.73 Å². The van der Waals surface area contributed by atoms with Crippen LogP contribution >= 0.6 is 0 Å². The van der Waals surface area contributed by atoms with Crippen molar-refractivity contribution in [3.05, 3.63) is 63.7 Å². The summed E-state index contributed by atoms with van der Waals surface area (Å²) in [5, 5.41) is 10.5. The van der Waals surface area contributed by atoms with E-state index in [-0.39, 0.29) is 6.04 Å². The second kappa shape index (κ2) is 5.19. The van der Waals surface area contributed by atoms with E-state index < -0.39 is 16.4 Å². The lowest BCUT2D eigenvalue weighted by atomic mass is 10.2. The molecular formula is C13H14FN3O2. The van der Waals surface area contributed by atoms with Gasteiger partial charge in [0, 0.05) is 31.0 Å². The number of hydrogen-bond acceptors (Lipinski definition) is 3. The molecule has 0 amide bonds. The van der Waals surface area contributed by atoms with Crippen LogP contribution in [0, 0.1) is 15.9 Å². The van der Waals surface area contributed by atoms with Gasteiger partial charge in [0.1, 0.15) is 0 Å². The van der Waals surface area contributed by atoms with Crippen molar-refractivity contribution in [2.75, 3.05) is 0 Å². The molecule has 0 bridgehead atoms. The van der Waals surface area contributed by atoms with Crippen LogP contribution in [0.15, 0.2) is 36.7 Å². The monoisotopic (exact) mass is 263 g/mol. The van der Waals surface area contributed by atoms with Gasteiger partial charge in [-0.05, 0) is 30.2 Å². The Balaban J connectivity index is 2.19.